The molecule has 31 heavy (non-hydrogen) atoms. The predicted octanol–water partition coefficient (Wildman–Crippen LogP) is 1.61. The lowest BCUT2D eigenvalue weighted by Crippen LogP contribution is -2.45. The number of nitrogens with zero attached hydrogens (tertiary/aromatic N) is 2. The van der Waals surface area contributed by atoms with Gasteiger partial charge in [-0.25, -0.2) is 0 Å². The van der Waals surface area contributed by atoms with Gasteiger partial charge in [0.25, 0.3) is 0 Å². The molecule has 1 heterocycles. The van der Waals surface area contributed by atoms with Crippen molar-refractivity contribution in [3.8, 4) is 0 Å². The summed E-state index contributed by atoms with van der Waals surface area (Å²) in [5.41, 5.74) is 1.13. The molecule has 0 spiro atoms. The van der Waals surface area contributed by atoms with E-state index >= 15 is 0 Å². The lowest BCUT2D eigenvalue weighted by atomic mass is 9.81. The van der Waals surface area contributed by atoms with Crippen LogP contribution in [0.2, 0.25) is 0 Å². The number of amides is 5. The molecule has 166 valence electrons. The topological polar surface area (TPSA) is 116 Å². The molecule has 1 aromatic rings. The average Bonchev–Trinajstić information content (AvgIpc) is 2.98. The van der Waals surface area contributed by atoms with Crippen LogP contribution in [0.15, 0.2) is 24.3 Å². The zero-order valence-electron chi connectivity index (χ0n) is 17.8. The summed E-state index contributed by atoms with van der Waals surface area (Å²) < 4.78 is 0. The van der Waals surface area contributed by atoms with Crippen molar-refractivity contribution >= 4 is 40.9 Å². The van der Waals surface area contributed by atoms with Crippen LogP contribution in [-0.2, 0) is 24.0 Å². The lowest BCUT2D eigenvalue weighted by molar-refractivity contribution is -0.146. The molecule has 1 aliphatic carbocycles. The minimum absolute atomic E-state index is 0.189. The van der Waals surface area contributed by atoms with E-state index in [-0.39, 0.29) is 49.2 Å². The average molecular weight is 428 g/mol. The summed E-state index contributed by atoms with van der Waals surface area (Å²) in [6, 6.07) is 6.60. The van der Waals surface area contributed by atoms with E-state index in [4.69, 9.17) is 0 Å². The molecule has 9 nitrogen and oxygen atoms in total. The molecular weight excluding hydrogens is 400 g/mol. The summed E-state index contributed by atoms with van der Waals surface area (Å²) in [5.74, 6) is -2.14. The Balaban J connectivity index is 1.55. The highest BCUT2D eigenvalue weighted by molar-refractivity contribution is 6.07. The molecule has 2 aliphatic rings. The fourth-order valence-corrected chi connectivity index (χ4v) is 4.21. The molecule has 0 bridgehead atoms. The van der Waals surface area contributed by atoms with E-state index in [1.54, 1.807) is 31.2 Å². The van der Waals surface area contributed by atoms with E-state index in [0.717, 1.165) is 17.7 Å². The fourth-order valence-electron chi connectivity index (χ4n) is 4.21. The Hall–Kier alpha value is -3.23. The van der Waals surface area contributed by atoms with Crippen LogP contribution in [0.5, 0.6) is 0 Å². The summed E-state index contributed by atoms with van der Waals surface area (Å²) in [6.45, 7) is 2.91. The van der Waals surface area contributed by atoms with Gasteiger partial charge in [-0.05, 0) is 44.0 Å². The van der Waals surface area contributed by atoms with Crippen molar-refractivity contribution in [1.82, 2.24) is 9.80 Å². The summed E-state index contributed by atoms with van der Waals surface area (Å²) in [6.07, 6.45) is 3.24. The number of nitrogens with one attached hydrogen (secondary N) is 2. The minimum atomic E-state index is -0.431. The first kappa shape index (κ1) is 22.5. The summed E-state index contributed by atoms with van der Waals surface area (Å²) >= 11 is 0. The number of likely N-dealkylation sites (tertiary alicyclic amines) is 1. The van der Waals surface area contributed by atoms with Gasteiger partial charge in [-0.3, -0.25) is 28.9 Å². The van der Waals surface area contributed by atoms with Gasteiger partial charge < -0.3 is 15.5 Å². The second kappa shape index (κ2) is 9.72. The number of hydrogen-bond acceptors (Lipinski definition) is 5. The zero-order valence-corrected chi connectivity index (χ0v) is 17.8. The largest absolute Gasteiger partial charge is 0.332 e. The van der Waals surface area contributed by atoms with Crippen LogP contribution >= 0.6 is 0 Å². The standard InChI is InChI=1S/C22H28N4O5/c1-3-25(12-19(28)24-16-10-8-15(9-11-16)23-14(2)27)20(29)13-26-21(30)17-6-4-5-7-18(17)22(26)31/h8-11,17-18H,3-7,12-13H2,1-2H3,(H,23,27)(H,24,28)/t17-,18+. The van der Waals surface area contributed by atoms with E-state index in [1.165, 1.54) is 11.8 Å². The number of hydrogen-bond donors (Lipinski definition) is 2. The first-order chi connectivity index (χ1) is 14.8. The molecule has 0 radical (unpaired) electrons. The Kier molecular flexibility index (Phi) is 7.04. The highest BCUT2D eigenvalue weighted by atomic mass is 16.2. The maximum absolute atomic E-state index is 12.7. The zero-order chi connectivity index (χ0) is 22.5. The fraction of sp³-hybridized carbons (Fsp3) is 0.500. The van der Waals surface area contributed by atoms with Gasteiger partial charge in [0.2, 0.25) is 29.5 Å². The Morgan fingerprint density at radius 3 is 1.97 bits per heavy atom. The SMILES string of the molecule is CCN(CC(=O)Nc1ccc(NC(C)=O)cc1)C(=O)CN1C(=O)[C@H]2CCCC[C@H]2C1=O. The monoisotopic (exact) mass is 428 g/mol. The summed E-state index contributed by atoms with van der Waals surface area (Å²) in [7, 11) is 0. The molecule has 1 aromatic carbocycles. The van der Waals surface area contributed by atoms with Crippen LogP contribution < -0.4 is 10.6 Å². The van der Waals surface area contributed by atoms with Crippen LogP contribution in [0.25, 0.3) is 0 Å². The molecule has 2 atom stereocenters. The van der Waals surface area contributed by atoms with Gasteiger partial charge >= 0.3 is 0 Å². The Morgan fingerprint density at radius 2 is 1.48 bits per heavy atom. The molecule has 2 N–H and O–H groups in total. The molecule has 9 heteroatoms. The predicted molar refractivity (Wildman–Crippen MR) is 114 cm³/mol. The van der Waals surface area contributed by atoms with Crippen molar-refractivity contribution < 1.29 is 24.0 Å². The third-order valence-electron chi connectivity index (χ3n) is 5.78. The van der Waals surface area contributed by atoms with Gasteiger partial charge in [0, 0.05) is 24.8 Å². The minimum Gasteiger partial charge on any atom is -0.332 e. The van der Waals surface area contributed by atoms with Crippen LogP contribution in [0, 0.1) is 11.8 Å². The van der Waals surface area contributed by atoms with Gasteiger partial charge in [0.15, 0.2) is 0 Å². The molecular formula is C22H28N4O5. The van der Waals surface area contributed by atoms with Crippen molar-refractivity contribution in [1.29, 1.82) is 0 Å². The van der Waals surface area contributed by atoms with Gasteiger partial charge in [-0.1, -0.05) is 12.8 Å². The second-order valence-corrected chi connectivity index (χ2v) is 7.97. The molecule has 0 unspecified atom stereocenters. The highest BCUT2D eigenvalue weighted by Crippen LogP contribution is 2.37. The number of rotatable bonds is 7. The van der Waals surface area contributed by atoms with Crippen LogP contribution in [0.1, 0.15) is 39.5 Å². The van der Waals surface area contributed by atoms with E-state index < -0.39 is 11.8 Å². The normalized spacial score (nSPS) is 20.3. The van der Waals surface area contributed by atoms with Crippen molar-refractivity contribution in [3.05, 3.63) is 24.3 Å². The highest BCUT2D eigenvalue weighted by Gasteiger charge is 2.48. The first-order valence-corrected chi connectivity index (χ1v) is 10.6. The quantitative estimate of drug-likeness (QED) is 0.640. The number of carbonyl (C=O) groups excluding carboxylic acids is 5. The van der Waals surface area contributed by atoms with Gasteiger partial charge in [-0.2, -0.15) is 0 Å². The first-order valence-electron chi connectivity index (χ1n) is 10.6. The van der Waals surface area contributed by atoms with Crippen molar-refractivity contribution in [2.24, 2.45) is 11.8 Å². The maximum atomic E-state index is 12.7. The Bertz CT molecular complexity index is 858. The van der Waals surface area contributed by atoms with Crippen LogP contribution in [0.4, 0.5) is 11.4 Å². The van der Waals surface area contributed by atoms with Gasteiger partial charge in [0.1, 0.15) is 6.54 Å². The smallest absolute Gasteiger partial charge is 0.243 e. The van der Waals surface area contributed by atoms with E-state index in [0.29, 0.717) is 24.2 Å². The van der Waals surface area contributed by atoms with Crippen molar-refractivity contribution in [2.75, 3.05) is 30.3 Å². The molecule has 3 rings (SSSR count). The molecule has 5 amide bonds. The number of fused-ring (bicyclic) bond motifs is 1. The Labute approximate surface area is 181 Å². The number of anilines is 2. The summed E-state index contributed by atoms with van der Waals surface area (Å²) in [5, 5.41) is 5.34. The van der Waals surface area contributed by atoms with Gasteiger partial charge in [-0.15, -0.1) is 0 Å². The van der Waals surface area contributed by atoms with Crippen molar-refractivity contribution in [2.45, 2.75) is 39.5 Å². The third-order valence-corrected chi connectivity index (χ3v) is 5.78. The van der Waals surface area contributed by atoms with E-state index in [2.05, 4.69) is 10.6 Å². The van der Waals surface area contributed by atoms with Crippen LogP contribution in [-0.4, -0.2) is 59.0 Å². The molecule has 1 saturated heterocycles. The molecule has 1 aliphatic heterocycles. The molecule has 1 saturated carbocycles. The Morgan fingerprint density at radius 1 is 0.968 bits per heavy atom. The summed E-state index contributed by atoms with van der Waals surface area (Å²) in [4.78, 5) is 63.8. The van der Waals surface area contributed by atoms with Gasteiger partial charge in [0.05, 0.1) is 18.4 Å². The van der Waals surface area contributed by atoms with E-state index in [1.807, 2.05) is 0 Å². The van der Waals surface area contributed by atoms with E-state index in [9.17, 15) is 24.0 Å². The second-order valence-electron chi connectivity index (χ2n) is 7.97. The number of carbonyl (C=O) groups is 5. The third kappa shape index (κ3) is 5.28. The number of imide groups is 1. The number of benzene rings is 1. The van der Waals surface area contributed by atoms with Crippen molar-refractivity contribution in [3.63, 3.8) is 0 Å². The number of likely N-dealkylation sites (N-methyl/N-ethyl adjacent to an activating group) is 1. The van der Waals surface area contributed by atoms with Crippen LogP contribution in [0.3, 0.4) is 0 Å². The maximum Gasteiger partial charge on any atom is 0.243 e. The lowest BCUT2D eigenvalue weighted by Gasteiger charge is -2.23. The molecule has 2 fully saturated rings. The molecule has 0 aromatic heterocycles.